The topological polar surface area (TPSA) is 64.0 Å². The highest BCUT2D eigenvalue weighted by Gasteiger charge is 2.16. The molecule has 0 atom stereocenters. The second-order valence-electron chi connectivity index (χ2n) is 7.50. The minimum Gasteiger partial charge on any atom is -0.351 e. The number of nitrogens with one attached hydrogen (secondary N) is 1. The van der Waals surface area contributed by atoms with Gasteiger partial charge in [0.05, 0.1) is 22.3 Å². The van der Waals surface area contributed by atoms with Crippen LogP contribution in [-0.4, -0.2) is 21.2 Å². The lowest BCUT2D eigenvalue weighted by Gasteiger charge is -2.16. The normalized spacial score (nSPS) is 11.0. The van der Waals surface area contributed by atoms with Gasteiger partial charge in [-0.1, -0.05) is 54.2 Å². The molecular weight excluding hydrogens is 425 g/mol. The van der Waals surface area contributed by atoms with Crippen molar-refractivity contribution in [2.24, 2.45) is 0 Å². The van der Waals surface area contributed by atoms with E-state index >= 15 is 0 Å². The molecule has 4 aromatic rings. The zero-order valence-electron chi connectivity index (χ0n) is 17.8. The maximum Gasteiger partial charge on any atom is 0.266 e. The Labute approximate surface area is 189 Å². The number of rotatable bonds is 6. The fourth-order valence-corrected chi connectivity index (χ4v) is 4.23. The monoisotopic (exact) mass is 447 g/mol. The van der Waals surface area contributed by atoms with Crippen LogP contribution in [0.25, 0.3) is 16.6 Å². The van der Waals surface area contributed by atoms with E-state index in [0.717, 1.165) is 16.8 Å². The van der Waals surface area contributed by atoms with Gasteiger partial charge in [-0.15, -0.1) is 0 Å². The average Bonchev–Trinajstić information content (AvgIpc) is 2.79. The molecule has 0 saturated carbocycles. The zero-order valence-corrected chi connectivity index (χ0v) is 18.6. The van der Waals surface area contributed by atoms with Crippen molar-refractivity contribution in [2.45, 2.75) is 25.5 Å². The third kappa shape index (κ3) is 4.57. The average molecular weight is 448 g/mol. The zero-order chi connectivity index (χ0) is 22.7. The van der Waals surface area contributed by atoms with Gasteiger partial charge in [0.25, 0.3) is 5.56 Å². The van der Waals surface area contributed by atoms with Gasteiger partial charge >= 0.3 is 0 Å². The Kier molecular flexibility index (Phi) is 6.37. The fourth-order valence-electron chi connectivity index (χ4n) is 3.40. The van der Waals surface area contributed by atoms with Crippen LogP contribution >= 0.6 is 11.8 Å². The Hall–Kier alpha value is -3.45. The molecule has 1 N–H and O–H groups in total. The second-order valence-corrected chi connectivity index (χ2v) is 8.44. The lowest BCUT2D eigenvalue weighted by atomic mass is 10.1. The summed E-state index contributed by atoms with van der Waals surface area (Å²) in [6.07, 6.45) is 0. The lowest BCUT2D eigenvalue weighted by molar-refractivity contribution is -0.118. The molecular formula is C25H22FN3O2S. The number of hydrogen-bond donors (Lipinski definition) is 1. The highest BCUT2D eigenvalue weighted by molar-refractivity contribution is 7.99. The number of nitrogens with zero attached hydrogens (tertiary/aromatic N) is 2. The van der Waals surface area contributed by atoms with Crippen LogP contribution in [0.5, 0.6) is 0 Å². The summed E-state index contributed by atoms with van der Waals surface area (Å²) in [4.78, 5) is 30.5. The number of aryl methyl sites for hydroxylation is 2. The Morgan fingerprint density at radius 3 is 2.62 bits per heavy atom. The third-order valence-electron chi connectivity index (χ3n) is 5.12. The van der Waals surface area contributed by atoms with Crippen LogP contribution in [0.2, 0.25) is 0 Å². The van der Waals surface area contributed by atoms with E-state index < -0.39 is 0 Å². The molecule has 0 saturated heterocycles. The minimum absolute atomic E-state index is 0.0457. The van der Waals surface area contributed by atoms with E-state index in [2.05, 4.69) is 10.3 Å². The van der Waals surface area contributed by atoms with E-state index in [1.165, 1.54) is 17.8 Å². The van der Waals surface area contributed by atoms with Crippen molar-refractivity contribution in [3.05, 3.63) is 99.6 Å². The molecule has 4 rings (SSSR count). The third-order valence-corrected chi connectivity index (χ3v) is 6.06. The largest absolute Gasteiger partial charge is 0.351 e. The van der Waals surface area contributed by atoms with Gasteiger partial charge in [0.1, 0.15) is 5.82 Å². The summed E-state index contributed by atoms with van der Waals surface area (Å²) in [6.45, 7) is 4.00. The Balaban J connectivity index is 1.64. The van der Waals surface area contributed by atoms with Crippen molar-refractivity contribution in [1.82, 2.24) is 14.9 Å². The summed E-state index contributed by atoms with van der Waals surface area (Å²) in [6, 6.07) is 19.4. The van der Waals surface area contributed by atoms with E-state index in [1.54, 1.807) is 34.9 Å². The molecule has 0 bridgehead atoms. The first kappa shape index (κ1) is 21.8. The van der Waals surface area contributed by atoms with Gasteiger partial charge in [0.15, 0.2) is 5.16 Å². The second kappa shape index (κ2) is 9.36. The molecule has 0 fully saturated rings. The first-order chi connectivity index (χ1) is 15.4. The molecule has 3 aromatic carbocycles. The summed E-state index contributed by atoms with van der Waals surface area (Å²) in [5.74, 6) is -0.585. The number of halogens is 1. The van der Waals surface area contributed by atoms with Gasteiger partial charge in [0, 0.05) is 12.1 Å². The van der Waals surface area contributed by atoms with Crippen LogP contribution in [0.1, 0.15) is 16.7 Å². The molecule has 162 valence electrons. The number of benzene rings is 3. The van der Waals surface area contributed by atoms with Crippen LogP contribution < -0.4 is 10.9 Å². The molecule has 1 amide bonds. The van der Waals surface area contributed by atoms with Crippen molar-refractivity contribution in [1.29, 1.82) is 0 Å². The number of fused-ring (bicyclic) bond motifs is 1. The van der Waals surface area contributed by atoms with Crippen molar-refractivity contribution in [2.75, 3.05) is 5.75 Å². The minimum atomic E-state index is -0.361. The summed E-state index contributed by atoms with van der Waals surface area (Å²) >= 11 is 1.18. The molecule has 0 aliphatic carbocycles. The van der Waals surface area contributed by atoms with E-state index in [1.807, 2.05) is 44.2 Å². The van der Waals surface area contributed by atoms with Gasteiger partial charge in [-0.3, -0.25) is 14.2 Å². The number of para-hydroxylation sites is 1. The molecule has 1 aromatic heterocycles. The van der Waals surface area contributed by atoms with E-state index in [9.17, 15) is 14.0 Å². The number of thioether (sulfide) groups is 1. The Bertz CT molecular complexity index is 1370. The van der Waals surface area contributed by atoms with Gasteiger partial charge in [0.2, 0.25) is 5.91 Å². The molecule has 7 heteroatoms. The number of carbonyl (C=O) groups is 1. The molecule has 0 spiro atoms. The lowest BCUT2D eigenvalue weighted by Crippen LogP contribution is -2.26. The van der Waals surface area contributed by atoms with Crippen LogP contribution in [0.3, 0.4) is 0 Å². The van der Waals surface area contributed by atoms with Gasteiger partial charge in [-0.25, -0.2) is 9.37 Å². The van der Waals surface area contributed by atoms with Crippen molar-refractivity contribution in [3.8, 4) is 5.69 Å². The molecule has 5 nitrogen and oxygen atoms in total. The van der Waals surface area contributed by atoms with Crippen LogP contribution in [-0.2, 0) is 11.3 Å². The number of aromatic nitrogens is 2. The Morgan fingerprint density at radius 1 is 1.06 bits per heavy atom. The number of carbonyl (C=O) groups excluding carboxylic acids is 1. The van der Waals surface area contributed by atoms with E-state index in [0.29, 0.717) is 21.6 Å². The predicted molar refractivity (Wildman–Crippen MR) is 126 cm³/mol. The standard InChI is InChI=1S/C25H22FN3O2S/c1-16-11-12-17(2)22(13-16)29-24(31)19-8-4-6-10-21(19)28-25(29)32-15-23(30)27-14-18-7-3-5-9-20(18)26/h3-13H,14-15H2,1-2H3,(H,27,30). The first-order valence-corrected chi connectivity index (χ1v) is 11.1. The highest BCUT2D eigenvalue weighted by Crippen LogP contribution is 2.24. The SMILES string of the molecule is Cc1ccc(C)c(-n2c(SCC(=O)NCc3ccccc3F)nc3ccccc3c2=O)c1. The van der Waals surface area contributed by atoms with Crippen molar-refractivity contribution in [3.63, 3.8) is 0 Å². The maximum absolute atomic E-state index is 13.8. The molecule has 0 unspecified atom stereocenters. The molecule has 0 aliphatic rings. The van der Waals surface area contributed by atoms with Gasteiger partial charge in [-0.05, 0) is 49.2 Å². The number of amides is 1. The summed E-state index contributed by atoms with van der Waals surface area (Å²) in [5.41, 5.74) is 3.50. The van der Waals surface area contributed by atoms with E-state index in [4.69, 9.17) is 0 Å². The molecule has 0 radical (unpaired) electrons. The van der Waals surface area contributed by atoms with Crippen molar-refractivity contribution >= 4 is 28.6 Å². The summed E-state index contributed by atoms with van der Waals surface area (Å²) in [5, 5.41) is 3.68. The molecule has 0 aliphatic heterocycles. The quantitative estimate of drug-likeness (QED) is 0.348. The molecule has 1 heterocycles. The summed E-state index contributed by atoms with van der Waals surface area (Å²) < 4.78 is 15.4. The first-order valence-electron chi connectivity index (χ1n) is 10.2. The predicted octanol–water partition coefficient (Wildman–Crippen LogP) is 4.55. The van der Waals surface area contributed by atoms with E-state index in [-0.39, 0.29) is 29.6 Å². The summed E-state index contributed by atoms with van der Waals surface area (Å²) in [7, 11) is 0. The van der Waals surface area contributed by atoms with Crippen LogP contribution in [0.4, 0.5) is 4.39 Å². The van der Waals surface area contributed by atoms with Crippen LogP contribution in [0.15, 0.2) is 76.7 Å². The van der Waals surface area contributed by atoms with Gasteiger partial charge in [-0.2, -0.15) is 0 Å². The maximum atomic E-state index is 13.8. The highest BCUT2D eigenvalue weighted by atomic mass is 32.2. The van der Waals surface area contributed by atoms with Crippen LogP contribution in [0, 0.1) is 19.7 Å². The number of hydrogen-bond acceptors (Lipinski definition) is 4. The Morgan fingerprint density at radius 2 is 1.81 bits per heavy atom. The molecule has 32 heavy (non-hydrogen) atoms. The fraction of sp³-hybridized carbons (Fsp3) is 0.160. The van der Waals surface area contributed by atoms with Crippen molar-refractivity contribution < 1.29 is 9.18 Å². The van der Waals surface area contributed by atoms with Gasteiger partial charge < -0.3 is 5.32 Å². The smallest absolute Gasteiger partial charge is 0.266 e.